The number of para-hydroxylation sites is 2. The first kappa shape index (κ1) is 21.0. The number of hydrogen-bond acceptors (Lipinski definition) is 5. The molecule has 2 aromatic carbocycles. The molecule has 3 rings (SSSR count). The molecule has 1 N–H and O–H groups in total. The Kier molecular flexibility index (Phi) is 6.24. The van der Waals surface area contributed by atoms with Crippen LogP contribution in [-0.4, -0.2) is 31.2 Å². The predicted octanol–water partition coefficient (Wildman–Crippen LogP) is 4.18. The lowest BCUT2D eigenvalue weighted by atomic mass is 10.1. The third-order valence-electron chi connectivity index (χ3n) is 4.13. The molecule has 0 unspecified atom stereocenters. The first-order valence-corrected chi connectivity index (χ1v) is 11.4. The third-order valence-corrected chi connectivity index (χ3v) is 7.53. The lowest BCUT2D eigenvalue weighted by molar-refractivity contribution is -0.117. The summed E-state index contributed by atoms with van der Waals surface area (Å²) in [5, 5.41) is 2.96. The van der Waals surface area contributed by atoms with Gasteiger partial charge in [0.15, 0.2) is 5.12 Å². The number of carbonyl (C=O) groups excluding carboxylic acids is 2. The van der Waals surface area contributed by atoms with Crippen LogP contribution in [0, 0.1) is 0 Å². The van der Waals surface area contributed by atoms with Crippen molar-refractivity contribution < 1.29 is 18.0 Å². The van der Waals surface area contributed by atoms with Gasteiger partial charge in [0.1, 0.15) is 6.04 Å². The van der Waals surface area contributed by atoms with Crippen molar-refractivity contribution >= 4 is 67.4 Å². The van der Waals surface area contributed by atoms with Crippen molar-refractivity contribution in [2.24, 2.45) is 0 Å². The molecule has 1 atom stereocenters. The van der Waals surface area contributed by atoms with Crippen LogP contribution in [0.1, 0.15) is 13.3 Å². The van der Waals surface area contributed by atoms with Crippen molar-refractivity contribution in [1.82, 2.24) is 0 Å². The van der Waals surface area contributed by atoms with Crippen molar-refractivity contribution in [3.8, 4) is 0 Å². The minimum atomic E-state index is -4.11. The maximum Gasteiger partial charge on any atom is 0.265 e. The minimum absolute atomic E-state index is 0.0735. The highest BCUT2D eigenvalue weighted by molar-refractivity contribution is 8.13. The fourth-order valence-corrected chi connectivity index (χ4v) is 5.55. The van der Waals surface area contributed by atoms with Gasteiger partial charge >= 0.3 is 0 Å². The number of nitrogens with zero attached hydrogens (tertiary/aromatic N) is 1. The summed E-state index contributed by atoms with van der Waals surface area (Å²) in [6, 6.07) is 9.65. The number of thioether (sulfide) groups is 1. The molecule has 0 aliphatic carbocycles. The molecule has 10 heteroatoms. The lowest BCUT2D eigenvalue weighted by Crippen LogP contribution is -2.51. The van der Waals surface area contributed by atoms with Gasteiger partial charge in [0.25, 0.3) is 10.0 Å². The van der Waals surface area contributed by atoms with Crippen LogP contribution < -0.4 is 9.62 Å². The van der Waals surface area contributed by atoms with Gasteiger partial charge in [0.05, 0.1) is 26.3 Å². The quantitative estimate of drug-likeness (QED) is 0.726. The largest absolute Gasteiger partial charge is 0.322 e. The summed E-state index contributed by atoms with van der Waals surface area (Å²) in [5.41, 5.74) is 0.748. The van der Waals surface area contributed by atoms with Crippen LogP contribution in [-0.2, 0) is 19.6 Å². The van der Waals surface area contributed by atoms with Gasteiger partial charge in [-0.05, 0) is 36.8 Å². The van der Waals surface area contributed by atoms with Gasteiger partial charge in [0, 0.05) is 12.7 Å². The summed E-state index contributed by atoms with van der Waals surface area (Å²) in [6.45, 7) is 1.42. The zero-order chi connectivity index (χ0) is 20.5. The SMILES string of the molecule is CC(=O)SCC[C@@H]1C(=O)Nc2ccccc2N1S(=O)(=O)c1ccc(Cl)c(Cl)c1. The Morgan fingerprint density at radius 3 is 2.57 bits per heavy atom. The topological polar surface area (TPSA) is 83.6 Å². The zero-order valence-electron chi connectivity index (χ0n) is 14.7. The number of carbonyl (C=O) groups is 2. The molecule has 0 aromatic heterocycles. The van der Waals surface area contributed by atoms with Crippen LogP contribution >= 0.6 is 35.0 Å². The second kappa shape index (κ2) is 8.32. The number of rotatable bonds is 5. The Morgan fingerprint density at radius 1 is 1.18 bits per heavy atom. The minimum Gasteiger partial charge on any atom is -0.322 e. The maximum atomic E-state index is 13.4. The number of sulfonamides is 1. The molecule has 1 heterocycles. The maximum absolute atomic E-state index is 13.4. The van der Waals surface area contributed by atoms with E-state index in [9.17, 15) is 18.0 Å². The van der Waals surface area contributed by atoms with Crippen LogP contribution in [0.15, 0.2) is 47.4 Å². The molecule has 148 valence electrons. The highest BCUT2D eigenvalue weighted by Crippen LogP contribution is 2.38. The lowest BCUT2D eigenvalue weighted by Gasteiger charge is -2.37. The molecular formula is C18H16Cl2N2O4S2. The Hall–Kier alpha value is -1.74. The van der Waals surface area contributed by atoms with Crippen LogP contribution in [0.25, 0.3) is 0 Å². The second-order valence-electron chi connectivity index (χ2n) is 6.03. The van der Waals surface area contributed by atoms with Gasteiger partial charge in [0.2, 0.25) is 5.91 Å². The molecule has 1 aliphatic rings. The van der Waals surface area contributed by atoms with Crippen molar-refractivity contribution in [3.05, 3.63) is 52.5 Å². The standard InChI is InChI=1S/C18H16Cl2N2O4S2/c1-11(23)27-9-8-17-18(24)21-15-4-2-3-5-16(15)22(17)28(25,26)12-6-7-13(19)14(20)10-12/h2-7,10,17H,8-9H2,1H3,(H,21,24)/t17-/m1/s1. The Labute approximate surface area is 177 Å². The van der Waals surface area contributed by atoms with Crippen molar-refractivity contribution in [2.45, 2.75) is 24.3 Å². The smallest absolute Gasteiger partial charge is 0.265 e. The van der Waals surface area contributed by atoms with E-state index in [1.54, 1.807) is 24.3 Å². The Bertz CT molecular complexity index is 1040. The number of hydrogen-bond donors (Lipinski definition) is 1. The molecule has 0 spiro atoms. The van der Waals surface area contributed by atoms with E-state index in [1.165, 1.54) is 25.1 Å². The highest BCUT2D eigenvalue weighted by Gasteiger charge is 2.40. The van der Waals surface area contributed by atoms with Crippen LogP contribution in [0.5, 0.6) is 0 Å². The average Bonchev–Trinajstić information content (AvgIpc) is 2.63. The predicted molar refractivity (Wildman–Crippen MR) is 113 cm³/mol. The zero-order valence-corrected chi connectivity index (χ0v) is 17.8. The molecule has 0 saturated heterocycles. The average molecular weight is 459 g/mol. The number of benzene rings is 2. The van der Waals surface area contributed by atoms with E-state index in [1.807, 2.05) is 0 Å². The molecule has 1 aliphatic heterocycles. The van der Waals surface area contributed by atoms with Gasteiger partial charge in [-0.1, -0.05) is 47.1 Å². The molecule has 0 radical (unpaired) electrons. The van der Waals surface area contributed by atoms with E-state index >= 15 is 0 Å². The molecule has 0 saturated carbocycles. The van der Waals surface area contributed by atoms with E-state index < -0.39 is 22.0 Å². The van der Waals surface area contributed by atoms with Crippen molar-refractivity contribution in [2.75, 3.05) is 15.4 Å². The van der Waals surface area contributed by atoms with Gasteiger partial charge in [-0.15, -0.1) is 0 Å². The summed E-state index contributed by atoms with van der Waals surface area (Å²) >= 11 is 13.0. The number of anilines is 2. The van der Waals surface area contributed by atoms with Gasteiger partial charge < -0.3 is 5.32 Å². The molecule has 2 aromatic rings. The highest BCUT2D eigenvalue weighted by atomic mass is 35.5. The summed E-state index contributed by atoms with van der Waals surface area (Å²) < 4.78 is 28.0. The summed E-state index contributed by atoms with van der Waals surface area (Å²) in [4.78, 5) is 23.8. The summed E-state index contributed by atoms with van der Waals surface area (Å²) in [7, 11) is -4.11. The fourth-order valence-electron chi connectivity index (χ4n) is 2.87. The van der Waals surface area contributed by atoms with E-state index in [0.29, 0.717) is 17.1 Å². The molecule has 0 bridgehead atoms. The first-order valence-electron chi connectivity index (χ1n) is 8.24. The number of amides is 1. The molecule has 6 nitrogen and oxygen atoms in total. The van der Waals surface area contributed by atoms with Crippen LogP contribution in [0.4, 0.5) is 11.4 Å². The molecule has 1 amide bonds. The van der Waals surface area contributed by atoms with E-state index in [-0.39, 0.29) is 26.5 Å². The van der Waals surface area contributed by atoms with Gasteiger partial charge in [-0.25, -0.2) is 8.42 Å². The number of fused-ring (bicyclic) bond motifs is 1. The fraction of sp³-hybridized carbons (Fsp3) is 0.222. The monoisotopic (exact) mass is 458 g/mol. The van der Waals surface area contributed by atoms with E-state index in [2.05, 4.69) is 5.32 Å². The normalized spacial score (nSPS) is 16.5. The summed E-state index contributed by atoms with van der Waals surface area (Å²) in [6.07, 6.45) is 0.172. The summed E-state index contributed by atoms with van der Waals surface area (Å²) in [5.74, 6) is -0.144. The molecule has 28 heavy (non-hydrogen) atoms. The van der Waals surface area contributed by atoms with Crippen LogP contribution in [0.3, 0.4) is 0 Å². The van der Waals surface area contributed by atoms with Gasteiger partial charge in [-0.2, -0.15) is 0 Å². The van der Waals surface area contributed by atoms with E-state index in [4.69, 9.17) is 23.2 Å². The number of nitrogens with one attached hydrogen (secondary N) is 1. The van der Waals surface area contributed by atoms with Crippen molar-refractivity contribution in [1.29, 1.82) is 0 Å². The Morgan fingerprint density at radius 2 is 1.89 bits per heavy atom. The molecule has 0 fully saturated rings. The number of halogens is 2. The van der Waals surface area contributed by atoms with Gasteiger partial charge in [-0.3, -0.25) is 13.9 Å². The third kappa shape index (κ3) is 4.15. The first-order chi connectivity index (χ1) is 13.2. The Balaban J connectivity index is 2.09. The molecular weight excluding hydrogens is 443 g/mol. The van der Waals surface area contributed by atoms with Crippen LogP contribution in [0.2, 0.25) is 10.0 Å². The van der Waals surface area contributed by atoms with Crippen molar-refractivity contribution in [3.63, 3.8) is 0 Å². The van der Waals surface area contributed by atoms with E-state index in [0.717, 1.165) is 16.1 Å². The second-order valence-corrected chi connectivity index (χ2v) is 9.93.